The molecule has 6 heteroatoms. The predicted octanol–water partition coefficient (Wildman–Crippen LogP) is 4.62. The van der Waals surface area contributed by atoms with Crippen molar-refractivity contribution in [2.45, 2.75) is 6.92 Å². The van der Waals surface area contributed by atoms with Crippen molar-refractivity contribution in [3.8, 4) is 22.5 Å². The summed E-state index contributed by atoms with van der Waals surface area (Å²) in [6, 6.07) is 17.4. The molecule has 4 rings (SSSR count). The van der Waals surface area contributed by atoms with Crippen LogP contribution < -0.4 is 0 Å². The number of pyridine rings is 1. The van der Waals surface area contributed by atoms with Gasteiger partial charge in [0.05, 0.1) is 17.9 Å². The average Bonchev–Trinajstić information content (AvgIpc) is 3.04. The quantitative estimate of drug-likeness (QED) is 0.489. The summed E-state index contributed by atoms with van der Waals surface area (Å²) in [7, 11) is 1.81. The Kier molecular flexibility index (Phi) is 4.61. The maximum absolute atomic E-state index is 13.4. The molecule has 2 aromatic heterocycles. The summed E-state index contributed by atoms with van der Waals surface area (Å²) in [6.45, 7) is 2.00. The summed E-state index contributed by atoms with van der Waals surface area (Å²) in [5.41, 5.74) is 3.70. The molecule has 5 nitrogen and oxygen atoms in total. The van der Waals surface area contributed by atoms with Gasteiger partial charge in [0.1, 0.15) is 11.5 Å². The Hall–Kier alpha value is -3.54. The lowest BCUT2D eigenvalue weighted by Gasteiger charge is -2.10. The van der Waals surface area contributed by atoms with E-state index in [-0.39, 0.29) is 12.4 Å². The van der Waals surface area contributed by atoms with Gasteiger partial charge in [-0.15, -0.1) is 0 Å². The molecule has 4 aromatic rings. The minimum Gasteiger partial charge on any atom is -0.462 e. The van der Waals surface area contributed by atoms with Gasteiger partial charge >= 0.3 is 5.97 Å². The highest BCUT2D eigenvalue weighted by atomic mass is 19.1. The molecule has 0 amide bonds. The highest BCUT2D eigenvalue weighted by molar-refractivity contribution is 6.03. The molecule has 0 saturated heterocycles. The fourth-order valence-corrected chi connectivity index (χ4v) is 3.18. The Morgan fingerprint density at radius 1 is 1.04 bits per heavy atom. The Morgan fingerprint density at radius 3 is 2.39 bits per heavy atom. The normalized spacial score (nSPS) is 11.0. The van der Waals surface area contributed by atoms with Crippen LogP contribution in [0, 0.1) is 5.82 Å². The largest absolute Gasteiger partial charge is 0.462 e. The zero-order valence-electron chi connectivity index (χ0n) is 15.5. The molecule has 28 heavy (non-hydrogen) atoms. The predicted molar refractivity (Wildman–Crippen MR) is 105 cm³/mol. The van der Waals surface area contributed by atoms with Crippen molar-refractivity contribution < 1.29 is 13.9 Å². The van der Waals surface area contributed by atoms with E-state index in [0.717, 1.165) is 16.6 Å². The van der Waals surface area contributed by atoms with E-state index in [4.69, 9.17) is 9.72 Å². The molecule has 140 valence electrons. The first-order valence-electron chi connectivity index (χ1n) is 8.94. The van der Waals surface area contributed by atoms with Gasteiger partial charge in [0.15, 0.2) is 5.65 Å². The van der Waals surface area contributed by atoms with E-state index in [9.17, 15) is 9.18 Å². The molecule has 0 saturated carbocycles. The molecule has 0 spiro atoms. The summed E-state index contributed by atoms with van der Waals surface area (Å²) in [4.78, 5) is 17.3. The highest BCUT2D eigenvalue weighted by Crippen LogP contribution is 2.32. The fraction of sp³-hybridized carbons (Fsp3) is 0.136. The molecule has 0 aliphatic heterocycles. The van der Waals surface area contributed by atoms with Crippen molar-refractivity contribution in [3.63, 3.8) is 0 Å². The monoisotopic (exact) mass is 375 g/mol. The van der Waals surface area contributed by atoms with Gasteiger partial charge < -0.3 is 4.74 Å². The van der Waals surface area contributed by atoms with Gasteiger partial charge in [-0.2, -0.15) is 5.10 Å². The van der Waals surface area contributed by atoms with Crippen molar-refractivity contribution in [3.05, 3.63) is 72.0 Å². The molecular weight excluding hydrogens is 357 g/mol. The molecule has 2 aromatic carbocycles. The first kappa shape index (κ1) is 17.9. The number of halogens is 1. The van der Waals surface area contributed by atoms with Crippen LogP contribution in [0.25, 0.3) is 33.5 Å². The highest BCUT2D eigenvalue weighted by Gasteiger charge is 2.21. The Morgan fingerprint density at radius 2 is 1.71 bits per heavy atom. The van der Waals surface area contributed by atoms with E-state index in [2.05, 4.69) is 5.10 Å². The van der Waals surface area contributed by atoms with Crippen molar-refractivity contribution in [1.82, 2.24) is 14.8 Å². The first-order chi connectivity index (χ1) is 13.6. The van der Waals surface area contributed by atoms with Gasteiger partial charge in [-0.3, -0.25) is 0 Å². The maximum Gasteiger partial charge on any atom is 0.340 e. The summed E-state index contributed by atoms with van der Waals surface area (Å²) < 4.78 is 20.3. The number of aromatic nitrogens is 3. The lowest BCUT2D eigenvalue weighted by Crippen LogP contribution is -2.08. The third kappa shape index (κ3) is 3.13. The van der Waals surface area contributed by atoms with Crippen molar-refractivity contribution >= 4 is 17.0 Å². The second-order valence-corrected chi connectivity index (χ2v) is 6.32. The SMILES string of the molecule is CCOC(=O)c1cc2c(-c3ccccc3)nn(C)c2nc1-c1ccc(F)cc1. The van der Waals surface area contributed by atoms with Crippen molar-refractivity contribution in [2.75, 3.05) is 6.61 Å². The second kappa shape index (κ2) is 7.23. The number of carbonyl (C=O) groups is 1. The maximum atomic E-state index is 13.4. The number of benzene rings is 2. The number of rotatable bonds is 4. The smallest absolute Gasteiger partial charge is 0.340 e. The van der Waals surface area contributed by atoms with E-state index < -0.39 is 5.97 Å². The Bertz CT molecular complexity index is 1150. The van der Waals surface area contributed by atoms with Crippen LogP contribution >= 0.6 is 0 Å². The Balaban J connectivity index is 1.99. The summed E-state index contributed by atoms with van der Waals surface area (Å²) in [6.07, 6.45) is 0. The van der Waals surface area contributed by atoms with Crippen molar-refractivity contribution in [1.29, 1.82) is 0 Å². The van der Waals surface area contributed by atoms with E-state index in [0.29, 0.717) is 22.5 Å². The third-order valence-electron chi connectivity index (χ3n) is 4.47. The molecule has 0 bridgehead atoms. The Labute approximate surface area is 161 Å². The molecule has 0 unspecified atom stereocenters. The molecule has 2 heterocycles. The lowest BCUT2D eigenvalue weighted by atomic mass is 10.0. The molecule has 0 fully saturated rings. The van der Waals surface area contributed by atoms with Crippen molar-refractivity contribution in [2.24, 2.45) is 7.05 Å². The van der Waals surface area contributed by atoms with E-state index >= 15 is 0 Å². The van der Waals surface area contributed by atoms with Crippen LogP contribution in [-0.2, 0) is 11.8 Å². The summed E-state index contributed by atoms with van der Waals surface area (Å²) in [5, 5.41) is 5.35. The molecule has 0 radical (unpaired) electrons. The van der Waals surface area contributed by atoms with Crippen LogP contribution in [0.1, 0.15) is 17.3 Å². The zero-order valence-corrected chi connectivity index (χ0v) is 15.5. The van der Waals surface area contributed by atoms with E-state index in [1.54, 1.807) is 36.9 Å². The van der Waals surface area contributed by atoms with Crippen LogP contribution in [0.15, 0.2) is 60.7 Å². The van der Waals surface area contributed by atoms with Crippen LogP contribution in [0.2, 0.25) is 0 Å². The van der Waals surface area contributed by atoms with Gasteiger partial charge in [0.2, 0.25) is 0 Å². The topological polar surface area (TPSA) is 57.0 Å². The molecule has 0 aliphatic carbocycles. The van der Waals surface area contributed by atoms with Gasteiger partial charge in [-0.1, -0.05) is 30.3 Å². The van der Waals surface area contributed by atoms with Crippen LogP contribution in [-0.4, -0.2) is 27.3 Å². The van der Waals surface area contributed by atoms with Crippen LogP contribution in [0.5, 0.6) is 0 Å². The number of hydrogen-bond acceptors (Lipinski definition) is 4. The van der Waals surface area contributed by atoms with E-state index in [1.807, 2.05) is 30.3 Å². The van der Waals surface area contributed by atoms with Gasteiger partial charge in [-0.25, -0.2) is 18.9 Å². The standard InChI is InChI=1S/C22H18FN3O2/c1-3-28-22(27)18-13-17-20(14-7-5-4-6-8-14)25-26(2)21(17)24-19(18)15-9-11-16(23)12-10-15/h4-13H,3H2,1-2H3. The summed E-state index contributed by atoms with van der Waals surface area (Å²) >= 11 is 0. The number of fused-ring (bicyclic) bond motifs is 1. The average molecular weight is 375 g/mol. The van der Waals surface area contributed by atoms with E-state index in [1.165, 1.54) is 12.1 Å². The van der Waals surface area contributed by atoms with Gasteiger partial charge in [0.25, 0.3) is 0 Å². The number of esters is 1. The number of aryl methyl sites for hydroxylation is 1. The zero-order chi connectivity index (χ0) is 19.7. The van der Waals surface area contributed by atoms with Crippen LogP contribution in [0.4, 0.5) is 4.39 Å². The number of carbonyl (C=O) groups excluding carboxylic acids is 1. The molecular formula is C22H18FN3O2. The third-order valence-corrected chi connectivity index (χ3v) is 4.47. The van der Waals surface area contributed by atoms with Crippen LogP contribution in [0.3, 0.4) is 0 Å². The first-order valence-corrected chi connectivity index (χ1v) is 8.94. The minimum atomic E-state index is -0.473. The minimum absolute atomic E-state index is 0.248. The molecule has 0 N–H and O–H groups in total. The number of hydrogen-bond donors (Lipinski definition) is 0. The number of nitrogens with zero attached hydrogens (tertiary/aromatic N) is 3. The molecule has 0 aliphatic rings. The second-order valence-electron chi connectivity index (χ2n) is 6.32. The van der Waals surface area contributed by atoms with Gasteiger partial charge in [0, 0.05) is 23.6 Å². The fourth-order valence-electron chi connectivity index (χ4n) is 3.18. The molecule has 0 atom stereocenters. The summed E-state index contributed by atoms with van der Waals surface area (Å²) in [5.74, 6) is -0.825. The number of ether oxygens (including phenoxy) is 1. The lowest BCUT2D eigenvalue weighted by molar-refractivity contribution is 0.0527. The van der Waals surface area contributed by atoms with Gasteiger partial charge in [-0.05, 0) is 37.3 Å².